The average molecular weight is 186 g/mol. The van der Waals surface area contributed by atoms with Crippen molar-refractivity contribution in [2.75, 3.05) is 7.11 Å². The van der Waals surface area contributed by atoms with Gasteiger partial charge in [0.05, 0.1) is 13.2 Å². The van der Waals surface area contributed by atoms with Crippen LogP contribution in [-0.4, -0.2) is 24.3 Å². The summed E-state index contributed by atoms with van der Waals surface area (Å²) in [5.41, 5.74) is 0. The van der Waals surface area contributed by atoms with Gasteiger partial charge in [0.15, 0.2) is 0 Å². The highest BCUT2D eigenvalue weighted by Gasteiger charge is 2.20. The molecule has 0 aromatic heterocycles. The Morgan fingerprint density at radius 1 is 1.54 bits per heavy atom. The lowest BCUT2D eigenvalue weighted by molar-refractivity contribution is -0.141. The highest BCUT2D eigenvalue weighted by molar-refractivity contribution is 5.69. The standard InChI is InChI=1S/C10H18O3/c1-13-10(12)6-5-8-3-2-4-9(11)7-8/h8-9,11H,2-7H2,1H3/t8-,9-/m0/s1. The third-order valence-electron chi connectivity index (χ3n) is 2.74. The molecule has 3 nitrogen and oxygen atoms in total. The van der Waals surface area contributed by atoms with Gasteiger partial charge in [-0.05, 0) is 25.2 Å². The van der Waals surface area contributed by atoms with Crippen molar-refractivity contribution in [2.45, 2.75) is 44.6 Å². The predicted octanol–water partition coefficient (Wildman–Crippen LogP) is 1.49. The fraction of sp³-hybridized carbons (Fsp3) is 0.900. The van der Waals surface area contributed by atoms with Gasteiger partial charge in [-0.2, -0.15) is 0 Å². The Labute approximate surface area is 79.1 Å². The lowest BCUT2D eigenvalue weighted by Gasteiger charge is -2.25. The molecule has 0 aliphatic heterocycles. The van der Waals surface area contributed by atoms with Crippen LogP contribution in [0.3, 0.4) is 0 Å². The second-order valence-corrected chi connectivity index (χ2v) is 3.80. The van der Waals surface area contributed by atoms with Gasteiger partial charge in [0, 0.05) is 6.42 Å². The summed E-state index contributed by atoms with van der Waals surface area (Å²) in [6, 6.07) is 0. The van der Waals surface area contributed by atoms with Crippen LogP contribution in [0, 0.1) is 5.92 Å². The number of aliphatic hydroxyl groups excluding tert-OH is 1. The molecule has 0 aromatic rings. The van der Waals surface area contributed by atoms with E-state index in [-0.39, 0.29) is 12.1 Å². The molecular weight excluding hydrogens is 168 g/mol. The zero-order valence-electron chi connectivity index (χ0n) is 8.16. The zero-order valence-corrected chi connectivity index (χ0v) is 8.16. The molecule has 0 heterocycles. The van der Waals surface area contributed by atoms with Gasteiger partial charge in [-0.1, -0.05) is 12.8 Å². The Morgan fingerprint density at radius 3 is 2.92 bits per heavy atom. The highest BCUT2D eigenvalue weighted by atomic mass is 16.5. The maximum atomic E-state index is 10.9. The second kappa shape index (κ2) is 5.22. The normalized spacial score (nSPS) is 28.5. The first kappa shape index (κ1) is 10.5. The summed E-state index contributed by atoms with van der Waals surface area (Å²) in [5.74, 6) is 0.378. The molecule has 13 heavy (non-hydrogen) atoms. The molecule has 76 valence electrons. The number of esters is 1. The van der Waals surface area contributed by atoms with Gasteiger partial charge in [-0.3, -0.25) is 4.79 Å². The summed E-state index contributed by atoms with van der Waals surface area (Å²) >= 11 is 0. The predicted molar refractivity (Wildman–Crippen MR) is 49.2 cm³/mol. The van der Waals surface area contributed by atoms with Gasteiger partial charge in [0.25, 0.3) is 0 Å². The van der Waals surface area contributed by atoms with E-state index in [2.05, 4.69) is 4.74 Å². The second-order valence-electron chi connectivity index (χ2n) is 3.80. The van der Waals surface area contributed by atoms with E-state index in [1.54, 1.807) is 0 Å². The summed E-state index contributed by atoms with van der Waals surface area (Å²) in [6.07, 6.45) is 5.24. The molecule has 1 saturated carbocycles. The number of rotatable bonds is 3. The Hall–Kier alpha value is -0.570. The van der Waals surface area contributed by atoms with Crippen LogP contribution in [0.1, 0.15) is 38.5 Å². The minimum absolute atomic E-state index is 0.139. The molecule has 1 aliphatic carbocycles. The van der Waals surface area contributed by atoms with Crippen molar-refractivity contribution in [2.24, 2.45) is 5.92 Å². The summed E-state index contributed by atoms with van der Waals surface area (Å²) in [4.78, 5) is 10.9. The number of ether oxygens (including phenoxy) is 1. The van der Waals surface area contributed by atoms with Gasteiger partial charge in [-0.25, -0.2) is 0 Å². The van der Waals surface area contributed by atoms with E-state index >= 15 is 0 Å². The lowest BCUT2D eigenvalue weighted by atomic mass is 9.84. The smallest absolute Gasteiger partial charge is 0.305 e. The van der Waals surface area contributed by atoms with Crippen molar-refractivity contribution in [1.29, 1.82) is 0 Å². The molecule has 1 fully saturated rings. The molecule has 0 saturated heterocycles. The number of carbonyl (C=O) groups is 1. The molecule has 0 radical (unpaired) electrons. The molecule has 0 spiro atoms. The van der Waals surface area contributed by atoms with Crippen molar-refractivity contribution in [3.63, 3.8) is 0 Å². The van der Waals surface area contributed by atoms with E-state index < -0.39 is 0 Å². The average Bonchev–Trinajstić information content (AvgIpc) is 2.14. The first-order valence-corrected chi connectivity index (χ1v) is 4.97. The molecule has 0 amide bonds. The van der Waals surface area contributed by atoms with E-state index in [9.17, 15) is 9.90 Å². The molecule has 1 N–H and O–H groups in total. The van der Waals surface area contributed by atoms with Gasteiger partial charge in [0.2, 0.25) is 0 Å². The van der Waals surface area contributed by atoms with E-state index in [0.717, 1.165) is 32.1 Å². The number of hydrogen-bond acceptors (Lipinski definition) is 3. The van der Waals surface area contributed by atoms with Crippen LogP contribution in [0.2, 0.25) is 0 Å². The van der Waals surface area contributed by atoms with Gasteiger partial charge < -0.3 is 9.84 Å². The summed E-state index contributed by atoms with van der Waals surface area (Å²) in [5, 5.41) is 9.39. The van der Waals surface area contributed by atoms with Crippen LogP contribution in [-0.2, 0) is 9.53 Å². The maximum Gasteiger partial charge on any atom is 0.305 e. The minimum Gasteiger partial charge on any atom is -0.469 e. The van der Waals surface area contributed by atoms with E-state index in [1.165, 1.54) is 7.11 Å². The fourth-order valence-electron chi connectivity index (χ4n) is 1.95. The summed E-state index contributed by atoms with van der Waals surface area (Å²) in [6.45, 7) is 0. The number of aliphatic hydroxyl groups is 1. The lowest BCUT2D eigenvalue weighted by Crippen LogP contribution is -2.20. The third-order valence-corrected chi connectivity index (χ3v) is 2.74. The van der Waals surface area contributed by atoms with Crippen LogP contribution in [0.5, 0.6) is 0 Å². The highest BCUT2D eigenvalue weighted by Crippen LogP contribution is 2.27. The SMILES string of the molecule is COC(=O)CC[C@@H]1CCC[C@H](O)C1. The van der Waals surface area contributed by atoms with Crippen molar-refractivity contribution < 1.29 is 14.6 Å². The summed E-state index contributed by atoms with van der Waals surface area (Å²) in [7, 11) is 1.41. The van der Waals surface area contributed by atoms with Crippen LogP contribution in [0.15, 0.2) is 0 Å². The largest absolute Gasteiger partial charge is 0.469 e. The maximum absolute atomic E-state index is 10.9. The molecule has 2 atom stereocenters. The first-order valence-electron chi connectivity index (χ1n) is 4.97. The molecule has 0 unspecified atom stereocenters. The molecule has 0 aromatic carbocycles. The third kappa shape index (κ3) is 3.77. The summed E-state index contributed by atoms with van der Waals surface area (Å²) < 4.78 is 4.57. The van der Waals surface area contributed by atoms with E-state index in [0.29, 0.717) is 12.3 Å². The van der Waals surface area contributed by atoms with E-state index in [4.69, 9.17) is 0 Å². The molecule has 1 rings (SSSR count). The molecule has 1 aliphatic rings. The van der Waals surface area contributed by atoms with Crippen molar-refractivity contribution >= 4 is 5.97 Å². The Kier molecular flexibility index (Phi) is 4.22. The van der Waals surface area contributed by atoms with Crippen LogP contribution >= 0.6 is 0 Å². The zero-order chi connectivity index (χ0) is 9.68. The minimum atomic E-state index is -0.142. The Bertz CT molecular complexity index is 168. The van der Waals surface area contributed by atoms with Crippen molar-refractivity contribution in [3.8, 4) is 0 Å². The van der Waals surface area contributed by atoms with E-state index in [1.807, 2.05) is 0 Å². The number of carbonyl (C=O) groups excluding carboxylic acids is 1. The Balaban J connectivity index is 2.17. The van der Waals surface area contributed by atoms with Crippen LogP contribution < -0.4 is 0 Å². The van der Waals surface area contributed by atoms with Gasteiger partial charge in [-0.15, -0.1) is 0 Å². The van der Waals surface area contributed by atoms with Gasteiger partial charge >= 0.3 is 5.97 Å². The molecular formula is C10H18O3. The topological polar surface area (TPSA) is 46.5 Å². The molecule has 3 heteroatoms. The van der Waals surface area contributed by atoms with Gasteiger partial charge in [0.1, 0.15) is 0 Å². The Morgan fingerprint density at radius 2 is 2.31 bits per heavy atom. The monoisotopic (exact) mass is 186 g/mol. The first-order chi connectivity index (χ1) is 6.22. The fourth-order valence-corrected chi connectivity index (χ4v) is 1.95. The van der Waals surface area contributed by atoms with Crippen LogP contribution in [0.25, 0.3) is 0 Å². The van der Waals surface area contributed by atoms with Crippen LogP contribution in [0.4, 0.5) is 0 Å². The number of methoxy groups -OCH3 is 1. The van der Waals surface area contributed by atoms with Crippen molar-refractivity contribution in [1.82, 2.24) is 0 Å². The number of hydrogen-bond donors (Lipinski definition) is 1. The van der Waals surface area contributed by atoms with Crippen molar-refractivity contribution in [3.05, 3.63) is 0 Å². The quantitative estimate of drug-likeness (QED) is 0.679. The molecule has 0 bridgehead atoms.